The number of nitrogens with zero attached hydrogens (tertiary/aromatic N) is 3. The number of ketones is 1. The number of amidine groups is 1. The van der Waals surface area contributed by atoms with Crippen LogP contribution in [0.25, 0.3) is 0 Å². The molecule has 0 aliphatic carbocycles. The Morgan fingerprint density at radius 3 is 2.32 bits per heavy atom. The monoisotopic (exact) mass is 536 g/mol. The molecule has 200 valence electrons. The Kier molecular flexibility index (Phi) is 9.84. The van der Waals surface area contributed by atoms with Crippen LogP contribution in [-0.2, 0) is 11.2 Å². The molecule has 38 heavy (non-hydrogen) atoms. The number of aliphatic imine (C=N–C) groups is 1. The molecule has 1 aromatic heterocycles. The van der Waals surface area contributed by atoms with Gasteiger partial charge in [-0.1, -0.05) is 48.2 Å². The fourth-order valence-corrected chi connectivity index (χ4v) is 3.88. The second-order valence-electron chi connectivity index (χ2n) is 9.23. The predicted molar refractivity (Wildman–Crippen MR) is 148 cm³/mol. The zero-order valence-corrected chi connectivity index (χ0v) is 23.2. The molecule has 0 fully saturated rings. The van der Waals surface area contributed by atoms with Gasteiger partial charge in [0.25, 0.3) is 0 Å². The first-order chi connectivity index (χ1) is 18.1. The fourth-order valence-electron chi connectivity index (χ4n) is 3.49. The maximum absolute atomic E-state index is 12.8. The third-order valence-electron chi connectivity index (χ3n) is 5.23. The molecule has 1 N–H and O–H groups in total. The third-order valence-corrected chi connectivity index (χ3v) is 5.83. The van der Waals surface area contributed by atoms with Gasteiger partial charge in [0.15, 0.2) is 11.0 Å². The summed E-state index contributed by atoms with van der Waals surface area (Å²) in [4.78, 5) is 38.3. The number of hydrogen-bond donors (Lipinski definition) is 1. The van der Waals surface area contributed by atoms with E-state index in [1.54, 1.807) is 27.9 Å². The molecule has 3 aromatic rings. The van der Waals surface area contributed by atoms with E-state index in [0.29, 0.717) is 16.8 Å². The number of ether oxygens (including phenoxy) is 3. The Morgan fingerprint density at radius 2 is 1.74 bits per heavy atom. The van der Waals surface area contributed by atoms with Gasteiger partial charge in [-0.15, -0.1) is 0 Å². The molecule has 0 aliphatic heterocycles. The highest BCUT2D eigenvalue weighted by Gasteiger charge is 2.20. The highest BCUT2D eigenvalue weighted by atomic mass is 32.2. The third kappa shape index (κ3) is 8.31. The summed E-state index contributed by atoms with van der Waals surface area (Å²) in [7, 11) is 3.10. The maximum atomic E-state index is 12.8. The van der Waals surface area contributed by atoms with Crippen LogP contribution in [0.4, 0.5) is 4.79 Å². The predicted octanol–water partition coefficient (Wildman–Crippen LogP) is 5.25. The number of Topliss-reactive ketones (excluding diaryl/α,β-unsaturated/α-hetero) is 1. The summed E-state index contributed by atoms with van der Waals surface area (Å²) < 4.78 is 15.7. The van der Waals surface area contributed by atoms with Crippen molar-refractivity contribution in [3.05, 3.63) is 83.3 Å². The summed E-state index contributed by atoms with van der Waals surface area (Å²) in [5.41, 5.74) is 2.14. The number of alkyl carbamates (subject to hydrolysis) is 1. The van der Waals surface area contributed by atoms with Crippen molar-refractivity contribution in [1.29, 1.82) is 0 Å². The normalized spacial score (nSPS) is 12.4. The van der Waals surface area contributed by atoms with Gasteiger partial charge >= 0.3 is 6.09 Å². The van der Waals surface area contributed by atoms with Gasteiger partial charge in [-0.2, -0.15) is 0 Å². The van der Waals surface area contributed by atoms with Gasteiger partial charge in [-0.05, 0) is 55.9 Å². The van der Waals surface area contributed by atoms with Crippen LogP contribution in [0.3, 0.4) is 0 Å². The van der Waals surface area contributed by atoms with Gasteiger partial charge in [0.05, 0.1) is 26.6 Å². The van der Waals surface area contributed by atoms with Crippen molar-refractivity contribution in [3.8, 4) is 11.6 Å². The minimum Gasteiger partial charge on any atom is -0.497 e. The molecule has 0 saturated heterocycles. The van der Waals surface area contributed by atoms with Crippen LogP contribution >= 0.6 is 11.8 Å². The van der Waals surface area contributed by atoms with E-state index in [1.807, 2.05) is 54.8 Å². The molecule has 0 bridgehead atoms. The lowest BCUT2D eigenvalue weighted by Crippen LogP contribution is -2.35. The Bertz CT molecular complexity index is 1270. The highest BCUT2D eigenvalue weighted by molar-refractivity contribution is 8.13. The van der Waals surface area contributed by atoms with Crippen LogP contribution in [0.2, 0.25) is 0 Å². The Labute approximate surface area is 227 Å². The zero-order chi connectivity index (χ0) is 27.7. The number of carbonyl (C=O) groups excluding carboxylic acids is 2. The molecule has 1 atom stereocenters. The van der Waals surface area contributed by atoms with E-state index in [9.17, 15) is 9.59 Å². The highest BCUT2D eigenvalue weighted by Crippen LogP contribution is 2.29. The number of rotatable bonds is 8. The standard InChI is InChI=1S/C28H32N4O5S/c1-28(2,3)37-27(34)32-26(38-6)31-25(19-10-12-21(35-4)13-11-19)20-9-7-8-18(14-20)15-23(33)22-16-30-24(36-5)17-29-22/h7-14,16-17,25H,15H2,1-6H3,(H,31,32,34). The van der Waals surface area contributed by atoms with Crippen LogP contribution in [0.1, 0.15) is 54.0 Å². The molecule has 9 nitrogen and oxygen atoms in total. The second-order valence-corrected chi connectivity index (χ2v) is 10.0. The molecule has 1 amide bonds. The van der Waals surface area contributed by atoms with Crippen molar-refractivity contribution in [2.45, 2.75) is 38.8 Å². The number of aromatic nitrogens is 2. The quantitative estimate of drug-likeness (QED) is 0.236. The fraction of sp³-hybridized carbons (Fsp3) is 0.321. The molecule has 10 heteroatoms. The molecule has 0 saturated carbocycles. The topological polar surface area (TPSA) is 112 Å². The molecule has 1 heterocycles. The van der Waals surface area contributed by atoms with Crippen molar-refractivity contribution in [1.82, 2.24) is 15.3 Å². The van der Waals surface area contributed by atoms with Gasteiger partial charge in [-0.25, -0.2) is 19.8 Å². The Morgan fingerprint density at radius 1 is 1.00 bits per heavy atom. The molecule has 2 aromatic carbocycles. The molecular formula is C28H32N4O5S. The van der Waals surface area contributed by atoms with Crippen LogP contribution in [0.5, 0.6) is 11.6 Å². The molecule has 0 spiro atoms. The number of nitrogens with one attached hydrogen (secondary N) is 1. The number of methoxy groups -OCH3 is 2. The lowest BCUT2D eigenvalue weighted by molar-refractivity contribution is 0.0564. The summed E-state index contributed by atoms with van der Waals surface area (Å²) in [6.07, 6.45) is 4.20. The number of hydrogen-bond acceptors (Lipinski definition) is 9. The largest absolute Gasteiger partial charge is 0.497 e. The van der Waals surface area contributed by atoms with Crippen LogP contribution in [0, 0.1) is 0 Å². The Hall–Kier alpha value is -3.92. The first kappa shape index (κ1) is 28.6. The van der Waals surface area contributed by atoms with E-state index in [4.69, 9.17) is 19.2 Å². The second kappa shape index (κ2) is 13.0. The molecule has 1 unspecified atom stereocenters. The smallest absolute Gasteiger partial charge is 0.413 e. The average Bonchev–Trinajstić information content (AvgIpc) is 2.90. The van der Waals surface area contributed by atoms with E-state index in [0.717, 1.165) is 16.7 Å². The van der Waals surface area contributed by atoms with Crippen molar-refractivity contribution in [2.24, 2.45) is 4.99 Å². The minimum absolute atomic E-state index is 0.138. The minimum atomic E-state index is -0.641. The first-order valence-electron chi connectivity index (χ1n) is 11.9. The van der Waals surface area contributed by atoms with Crippen molar-refractivity contribution < 1.29 is 23.8 Å². The van der Waals surface area contributed by atoms with Gasteiger partial charge < -0.3 is 14.2 Å². The summed E-state index contributed by atoms with van der Waals surface area (Å²) in [6.45, 7) is 5.40. The average molecular weight is 537 g/mol. The van der Waals surface area contributed by atoms with Gasteiger partial charge in [0.1, 0.15) is 23.1 Å². The van der Waals surface area contributed by atoms with Gasteiger partial charge in [0, 0.05) is 6.42 Å². The van der Waals surface area contributed by atoms with Crippen molar-refractivity contribution in [3.63, 3.8) is 0 Å². The van der Waals surface area contributed by atoms with E-state index >= 15 is 0 Å². The molecule has 0 radical (unpaired) electrons. The molecular weight excluding hydrogens is 504 g/mol. The van der Waals surface area contributed by atoms with E-state index < -0.39 is 17.7 Å². The van der Waals surface area contributed by atoms with Crippen molar-refractivity contribution in [2.75, 3.05) is 20.5 Å². The zero-order valence-electron chi connectivity index (χ0n) is 22.3. The number of benzene rings is 2. The number of amides is 1. The van der Waals surface area contributed by atoms with E-state index in [1.165, 1.54) is 31.3 Å². The number of carbonyl (C=O) groups is 2. The lowest BCUT2D eigenvalue weighted by Gasteiger charge is -2.21. The van der Waals surface area contributed by atoms with E-state index in [2.05, 4.69) is 15.3 Å². The maximum Gasteiger partial charge on any atom is 0.413 e. The van der Waals surface area contributed by atoms with Crippen LogP contribution < -0.4 is 14.8 Å². The lowest BCUT2D eigenvalue weighted by atomic mass is 9.96. The SMILES string of the molecule is COc1ccc(C(N=C(NC(=O)OC(C)(C)C)SC)c2cccc(CC(=O)c3cnc(OC)cn3)c2)cc1. The summed E-state index contributed by atoms with van der Waals surface area (Å²) in [5, 5.41) is 3.14. The summed E-state index contributed by atoms with van der Waals surface area (Å²) in [5.74, 6) is 0.889. The summed E-state index contributed by atoms with van der Waals surface area (Å²) in [6, 6.07) is 14.7. The summed E-state index contributed by atoms with van der Waals surface area (Å²) >= 11 is 1.30. The van der Waals surface area contributed by atoms with Gasteiger partial charge in [0.2, 0.25) is 5.88 Å². The molecule has 3 rings (SSSR count). The van der Waals surface area contributed by atoms with Crippen LogP contribution in [-0.4, -0.2) is 53.1 Å². The molecule has 0 aliphatic rings. The van der Waals surface area contributed by atoms with Crippen molar-refractivity contribution >= 4 is 28.8 Å². The van der Waals surface area contributed by atoms with E-state index in [-0.39, 0.29) is 17.9 Å². The first-order valence-corrected chi connectivity index (χ1v) is 13.1. The Balaban J connectivity index is 1.93. The number of thioether (sulfide) groups is 1. The van der Waals surface area contributed by atoms with Crippen LogP contribution in [0.15, 0.2) is 65.9 Å². The van der Waals surface area contributed by atoms with Gasteiger partial charge in [-0.3, -0.25) is 10.1 Å².